The smallest absolute Gasteiger partial charge is 0.191 e. The van der Waals surface area contributed by atoms with Crippen LogP contribution < -0.4 is 5.73 Å². The minimum Gasteiger partial charge on any atom is -0.327 e. The highest BCUT2D eigenvalue weighted by molar-refractivity contribution is 7.99. The van der Waals surface area contributed by atoms with Crippen molar-refractivity contribution in [3.63, 3.8) is 0 Å². The maximum Gasteiger partial charge on any atom is 0.191 e. The number of nitrogens with zero attached hydrogens (tertiary/aromatic N) is 3. The highest BCUT2D eigenvalue weighted by Crippen LogP contribution is 2.39. The van der Waals surface area contributed by atoms with Crippen molar-refractivity contribution < 1.29 is 0 Å². The first-order chi connectivity index (χ1) is 9.74. The zero-order valence-corrected chi connectivity index (χ0v) is 12.5. The van der Waals surface area contributed by atoms with Gasteiger partial charge in [-0.05, 0) is 30.7 Å². The first kappa shape index (κ1) is 13.6. The lowest BCUT2D eigenvalue weighted by Gasteiger charge is -2.33. The number of benzene rings is 1. The molecular formula is C15H20N4S. The summed E-state index contributed by atoms with van der Waals surface area (Å²) < 4.78 is 1.96. The molecule has 3 rings (SSSR count). The number of hydrogen-bond donors (Lipinski definition) is 1. The van der Waals surface area contributed by atoms with Crippen molar-refractivity contribution in [1.82, 2.24) is 14.8 Å². The van der Waals surface area contributed by atoms with Crippen molar-refractivity contribution in [3.05, 3.63) is 42.2 Å². The third-order valence-corrected chi connectivity index (χ3v) is 5.47. The van der Waals surface area contributed by atoms with Gasteiger partial charge in [0, 0.05) is 18.3 Å². The second kappa shape index (κ2) is 5.97. The van der Waals surface area contributed by atoms with Gasteiger partial charge in [0.25, 0.3) is 0 Å². The topological polar surface area (TPSA) is 56.7 Å². The van der Waals surface area contributed by atoms with Crippen LogP contribution in [0.25, 0.3) is 0 Å². The van der Waals surface area contributed by atoms with Gasteiger partial charge in [-0.25, -0.2) is 0 Å². The molecule has 1 aliphatic rings. The van der Waals surface area contributed by atoms with Gasteiger partial charge < -0.3 is 10.3 Å². The minimum atomic E-state index is 0.247. The Morgan fingerprint density at radius 2 is 2.05 bits per heavy atom. The van der Waals surface area contributed by atoms with Gasteiger partial charge in [-0.1, -0.05) is 42.1 Å². The van der Waals surface area contributed by atoms with Crippen LogP contribution in [-0.2, 0) is 7.05 Å². The molecule has 1 heterocycles. The van der Waals surface area contributed by atoms with Crippen molar-refractivity contribution in [1.29, 1.82) is 0 Å². The molecule has 1 aromatic carbocycles. The van der Waals surface area contributed by atoms with Crippen LogP contribution in [0.15, 0.2) is 41.8 Å². The number of aryl methyl sites for hydroxylation is 1. The van der Waals surface area contributed by atoms with E-state index in [0.29, 0.717) is 11.2 Å². The van der Waals surface area contributed by atoms with Crippen molar-refractivity contribution in [2.24, 2.45) is 12.8 Å². The van der Waals surface area contributed by atoms with Gasteiger partial charge in [0.05, 0.1) is 0 Å². The normalized spacial score (nSPS) is 26.6. The van der Waals surface area contributed by atoms with Crippen molar-refractivity contribution in [2.75, 3.05) is 0 Å². The van der Waals surface area contributed by atoms with Gasteiger partial charge in [0.15, 0.2) is 5.16 Å². The van der Waals surface area contributed by atoms with Crippen LogP contribution in [0.2, 0.25) is 0 Å². The fourth-order valence-electron chi connectivity index (χ4n) is 2.83. The fourth-order valence-corrected chi connectivity index (χ4v) is 4.05. The number of rotatable bonds is 3. The van der Waals surface area contributed by atoms with E-state index in [0.717, 1.165) is 18.0 Å². The summed E-state index contributed by atoms with van der Waals surface area (Å²) in [6.07, 6.45) is 5.12. The Labute approximate surface area is 123 Å². The third-order valence-electron chi connectivity index (χ3n) is 4.04. The minimum absolute atomic E-state index is 0.247. The molecule has 0 bridgehead atoms. The molecule has 4 nitrogen and oxygen atoms in total. The van der Waals surface area contributed by atoms with E-state index in [1.807, 2.05) is 11.6 Å². The molecule has 106 valence electrons. The molecule has 2 aromatic rings. The maximum atomic E-state index is 6.31. The molecular weight excluding hydrogens is 268 g/mol. The first-order valence-corrected chi connectivity index (χ1v) is 7.93. The van der Waals surface area contributed by atoms with Gasteiger partial charge in [-0.15, -0.1) is 10.2 Å². The lowest BCUT2D eigenvalue weighted by atomic mass is 9.82. The average Bonchev–Trinajstić information content (AvgIpc) is 2.88. The van der Waals surface area contributed by atoms with Crippen LogP contribution in [0.3, 0.4) is 0 Å². The Hall–Kier alpha value is -1.33. The predicted octanol–water partition coefficient (Wildman–Crippen LogP) is 2.57. The molecule has 0 saturated heterocycles. The summed E-state index contributed by atoms with van der Waals surface area (Å²) in [4.78, 5) is 0. The average molecular weight is 288 g/mol. The van der Waals surface area contributed by atoms with Crippen LogP contribution >= 0.6 is 11.8 Å². The molecule has 1 aromatic heterocycles. The van der Waals surface area contributed by atoms with E-state index < -0.39 is 0 Å². The molecule has 1 saturated carbocycles. The van der Waals surface area contributed by atoms with Gasteiger partial charge in [0.2, 0.25) is 0 Å². The Kier molecular flexibility index (Phi) is 4.08. The quantitative estimate of drug-likeness (QED) is 0.943. The second-order valence-corrected chi connectivity index (χ2v) is 6.67. The highest BCUT2D eigenvalue weighted by atomic mass is 32.2. The molecule has 20 heavy (non-hydrogen) atoms. The van der Waals surface area contributed by atoms with E-state index in [2.05, 4.69) is 40.5 Å². The molecule has 3 unspecified atom stereocenters. The van der Waals surface area contributed by atoms with Crippen LogP contribution in [0.5, 0.6) is 0 Å². The molecule has 2 N–H and O–H groups in total. The standard InChI is InChI=1S/C15H20N4S/c1-19-10-17-18-15(19)20-14-9-12(7-8-13(14)16)11-5-3-2-4-6-11/h2-6,10,12-14H,7-9,16H2,1H3. The largest absolute Gasteiger partial charge is 0.327 e. The summed E-state index contributed by atoms with van der Waals surface area (Å²) in [5.41, 5.74) is 7.74. The Morgan fingerprint density at radius 1 is 1.25 bits per heavy atom. The summed E-state index contributed by atoms with van der Waals surface area (Å²) in [6.45, 7) is 0. The number of thioether (sulfide) groups is 1. The summed E-state index contributed by atoms with van der Waals surface area (Å²) >= 11 is 1.77. The molecule has 5 heteroatoms. The monoisotopic (exact) mass is 288 g/mol. The molecule has 0 amide bonds. The van der Waals surface area contributed by atoms with E-state index >= 15 is 0 Å². The lowest BCUT2D eigenvalue weighted by Crippen LogP contribution is -2.37. The van der Waals surface area contributed by atoms with Crippen LogP contribution in [0.1, 0.15) is 30.7 Å². The Balaban J connectivity index is 1.72. The number of aromatic nitrogens is 3. The molecule has 1 aliphatic carbocycles. The molecule has 1 fully saturated rings. The van der Waals surface area contributed by atoms with E-state index in [4.69, 9.17) is 5.73 Å². The van der Waals surface area contributed by atoms with Gasteiger partial charge in [0.1, 0.15) is 6.33 Å². The van der Waals surface area contributed by atoms with Gasteiger partial charge in [-0.3, -0.25) is 0 Å². The van der Waals surface area contributed by atoms with Crippen LogP contribution in [0.4, 0.5) is 0 Å². The number of nitrogens with two attached hydrogens (primary N) is 1. The van der Waals surface area contributed by atoms with Gasteiger partial charge >= 0.3 is 0 Å². The van der Waals surface area contributed by atoms with Crippen LogP contribution in [-0.4, -0.2) is 26.1 Å². The summed E-state index contributed by atoms with van der Waals surface area (Å²) in [5.74, 6) is 0.613. The zero-order chi connectivity index (χ0) is 13.9. The van der Waals surface area contributed by atoms with Crippen LogP contribution in [0, 0.1) is 0 Å². The van der Waals surface area contributed by atoms with E-state index in [-0.39, 0.29) is 6.04 Å². The lowest BCUT2D eigenvalue weighted by molar-refractivity contribution is 0.405. The fraction of sp³-hybridized carbons (Fsp3) is 0.467. The van der Waals surface area contributed by atoms with Crippen molar-refractivity contribution >= 4 is 11.8 Å². The highest BCUT2D eigenvalue weighted by Gasteiger charge is 2.30. The Morgan fingerprint density at radius 3 is 2.75 bits per heavy atom. The van der Waals surface area contributed by atoms with E-state index in [1.165, 1.54) is 12.0 Å². The van der Waals surface area contributed by atoms with Gasteiger partial charge in [-0.2, -0.15) is 0 Å². The molecule has 0 radical (unpaired) electrons. The second-order valence-electron chi connectivity index (χ2n) is 5.47. The third kappa shape index (κ3) is 2.88. The summed E-state index contributed by atoms with van der Waals surface area (Å²) in [5, 5.41) is 9.47. The number of hydrogen-bond acceptors (Lipinski definition) is 4. The molecule has 3 atom stereocenters. The van der Waals surface area contributed by atoms with E-state index in [1.54, 1.807) is 18.1 Å². The molecule has 0 aliphatic heterocycles. The van der Waals surface area contributed by atoms with Crippen molar-refractivity contribution in [3.8, 4) is 0 Å². The maximum absolute atomic E-state index is 6.31. The van der Waals surface area contributed by atoms with Crippen molar-refractivity contribution in [2.45, 2.75) is 41.6 Å². The summed E-state index contributed by atoms with van der Waals surface area (Å²) in [7, 11) is 1.98. The van der Waals surface area contributed by atoms with E-state index in [9.17, 15) is 0 Å². The zero-order valence-electron chi connectivity index (χ0n) is 11.6. The SMILES string of the molecule is Cn1cnnc1SC1CC(c2ccccc2)CCC1N. The molecule has 0 spiro atoms. The predicted molar refractivity (Wildman–Crippen MR) is 81.7 cm³/mol. The Bertz CT molecular complexity index is 554. The summed E-state index contributed by atoms with van der Waals surface area (Å²) in [6, 6.07) is 11.0. The first-order valence-electron chi connectivity index (χ1n) is 7.05.